The molecule has 0 atom stereocenters. The van der Waals surface area contributed by atoms with Crippen LogP contribution in [0.15, 0.2) is 23.1 Å². The number of methoxy groups -OCH3 is 1. The Labute approximate surface area is 139 Å². The molecular weight excluding hydrogens is 344 g/mol. The molecule has 0 saturated carbocycles. The summed E-state index contributed by atoms with van der Waals surface area (Å²) in [6, 6.07) is 3.97. The van der Waals surface area contributed by atoms with E-state index in [-0.39, 0.29) is 14.9 Å². The number of nitro benzene ring substituents is 1. The van der Waals surface area contributed by atoms with E-state index in [1.165, 1.54) is 31.4 Å². The third-order valence-corrected chi connectivity index (χ3v) is 4.26. The minimum absolute atomic E-state index is 0.119. The van der Waals surface area contributed by atoms with Gasteiger partial charge in [0.25, 0.3) is 11.6 Å². The highest BCUT2D eigenvalue weighted by atomic mass is 32.2. The summed E-state index contributed by atoms with van der Waals surface area (Å²) in [5.74, 6) is -1.40. The lowest BCUT2D eigenvalue weighted by Gasteiger charge is -2.10. The van der Waals surface area contributed by atoms with Crippen LogP contribution >= 0.6 is 24.0 Å². The van der Waals surface area contributed by atoms with E-state index in [9.17, 15) is 19.7 Å². The number of carbonyl (C=O) groups is 2. The van der Waals surface area contributed by atoms with Gasteiger partial charge in [0.05, 0.1) is 16.9 Å². The van der Waals surface area contributed by atoms with Gasteiger partial charge in [0, 0.05) is 17.7 Å². The minimum Gasteiger partial charge on any atom is -0.496 e. The second-order valence-electron chi connectivity index (χ2n) is 4.34. The molecule has 1 fully saturated rings. The largest absolute Gasteiger partial charge is 0.496 e. The Morgan fingerprint density at radius 1 is 1.57 bits per heavy atom. The highest BCUT2D eigenvalue weighted by Gasteiger charge is 2.33. The first-order chi connectivity index (χ1) is 10.8. The third-order valence-electron chi connectivity index (χ3n) is 2.88. The highest BCUT2D eigenvalue weighted by Crippen LogP contribution is 2.35. The summed E-state index contributed by atoms with van der Waals surface area (Å²) in [5, 5.41) is 19.6. The van der Waals surface area contributed by atoms with Gasteiger partial charge >= 0.3 is 5.97 Å². The predicted octanol–water partition coefficient (Wildman–Crippen LogP) is 1.89. The van der Waals surface area contributed by atoms with Crippen molar-refractivity contribution in [1.29, 1.82) is 0 Å². The molecule has 0 radical (unpaired) electrons. The standard InChI is InChI=1S/C13H10N2O6S2/c1-21-9-3-2-8(15(19)20)4-7(9)5-10-12(18)14(6-11(16)17)13(22)23-10/h2-5H,6H2,1H3,(H,16,17). The number of hydrogen-bond donors (Lipinski definition) is 1. The second-order valence-corrected chi connectivity index (χ2v) is 6.02. The van der Waals surface area contributed by atoms with Crippen molar-refractivity contribution in [3.63, 3.8) is 0 Å². The number of non-ortho nitro benzene ring substituents is 1. The molecule has 1 aliphatic heterocycles. The number of carboxylic acid groups (broad SMARTS) is 1. The number of nitrogens with zero attached hydrogens (tertiary/aromatic N) is 2. The Hall–Kier alpha value is -2.46. The number of thiocarbonyl (C=S) groups is 1. The first-order valence-electron chi connectivity index (χ1n) is 6.13. The molecule has 2 rings (SSSR count). The molecule has 10 heteroatoms. The van der Waals surface area contributed by atoms with Crippen molar-refractivity contribution >= 4 is 51.9 Å². The van der Waals surface area contributed by atoms with Crippen molar-refractivity contribution in [3.8, 4) is 5.75 Å². The van der Waals surface area contributed by atoms with Gasteiger partial charge in [-0.3, -0.25) is 24.6 Å². The van der Waals surface area contributed by atoms with Gasteiger partial charge in [-0.05, 0) is 12.1 Å². The van der Waals surface area contributed by atoms with Gasteiger partial charge in [0.1, 0.15) is 16.6 Å². The zero-order valence-electron chi connectivity index (χ0n) is 11.7. The van der Waals surface area contributed by atoms with Gasteiger partial charge in [-0.25, -0.2) is 0 Å². The predicted molar refractivity (Wildman–Crippen MR) is 87.2 cm³/mol. The van der Waals surface area contributed by atoms with Crippen LogP contribution in [-0.2, 0) is 9.59 Å². The maximum atomic E-state index is 12.2. The SMILES string of the molecule is COc1ccc([N+](=O)[O-])cc1C=C1SC(=S)N(CC(=O)O)C1=O. The van der Waals surface area contributed by atoms with E-state index in [1.54, 1.807) is 0 Å². The lowest BCUT2D eigenvalue weighted by atomic mass is 10.1. The van der Waals surface area contributed by atoms with Crippen molar-refractivity contribution in [2.24, 2.45) is 0 Å². The molecule has 0 unspecified atom stereocenters. The van der Waals surface area contributed by atoms with Crippen LogP contribution in [0.5, 0.6) is 5.75 Å². The van der Waals surface area contributed by atoms with Gasteiger partial charge < -0.3 is 9.84 Å². The van der Waals surface area contributed by atoms with Gasteiger partial charge in [-0.2, -0.15) is 0 Å². The number of hydrogen-bond acceptors (Lipinski definition) is 7. The summed E-state index contributed by atoms with van der Waals surface area (Å²) < 4.78 is 5.23. The van der Waals surface area contributed by atoms with Gasteiger partial charge in [-0.15, -0.1) is 0 Å². The number of rotatable bonds is 5. The Bertz CT molecular complexity index is 746. The quantitative estimate of drug-likeness (QED) is 0.369. The van der Waals surface area contributed by atoms with Crippen molar-refractivity contribution < 1.29 is 24.4 Å². The molecule has 1 aromatic carbocycles. The molecule has 1 N–H and O–H groups in total. The summed E-state index contributed by atoms with van der Waals surface area (Å²) in [4.78, 5) is 34.4. The Morgan fingerprint density at radius 2 is 2.26 bits per heavy atom. The van der Waals surface area contributed by atoms with Crippen LogP contribution in [0.1, 0.15) is 5.56 Å². The van der Waals surface area contributed by atoms with Gasteiger partial charge in [0.15, 0.2) is 0 Å². The second kappa shape index (κ2) is 6.75. The van der Waals surface area contributed by atoms with E-state index in [0.29, 0.717) is 11.3 Å². The van der Waals surface area contributed by atoms with Crippen molar-refractivity contribution in [2.45, 2.75) is 0 Å². The number of carboxylic acids is 1. The number of thioether (sulfide) groups is 1. The lowest BCUT2D eigenvalue weighted by molar-refractivity contribution is -0.384. The molecule has 1 amide bonds. The fourth-order valence-electron chi connectivity index (χ4n) is 1.86. The van der Waals surface area contributed by atoms with Crippen LogP contribution in [0.2, 0.25) is 0 Å². The molecule has 1 aliphatic rings. The number of nitro groups is 1. The van der Waals surface area contributed by atoms with Crippen LogP contribution in [0.4, 0.5) is 5.69 Å². The molecule has 0 bridgehead atoms. The molecule has 120 valence electrons. The van der Waals surface area contributed by atoms with Gasteiger partial charge in [-0.1, -0.05) is 24.0 Å². The number of ether oxygens (including phenoxy) is 1. The van der Waals surface area contributed by atoms with Gasteiger partial charge in [0.2, 0.25) is 0 Å². The van der Waals surface area contributed by atoms with Crippen molar-refractivity contribution in [1.82, 2.24) is 4.90 Å². The van der Waals surface area contributed by atoms with E-state index >= 15 is 0 Å². The molecule has 0 aliphatic carbocycles. The summed E-state index contributed by atoms with van der Waals surface area (Å²) in [6.07, 6.45) is 1.40. The maximum absolute atomic E-state index is 12.2. The highest BCUT2D eigenvalue weighted by molar-refractivity contribution is 8.26. The van der Waals surface area contributed by atoms with Crippen LogP contribution in [0.3, 0.4) is 0 Å². The molecule has 0 aromatic heterocycles. The molecule has 0 spiro atoms. The molecule has 1 saturated heterocycles. The summed E-state index contributed by atoms with van der Waals surface area (Å²) in [5.41, 5.74) is 0.176. The Morgan fingerprint density at radius 3 is 2.83 bits per heavy atom. The minimum atomic E-state index is -1.18. The molecule has 8 nitrogen and oxygen atoms in total. The molecule has 23 heavy (non-hydrogen) atoms. The molecular formula is C13H10N2O6S2. The molecule has 1 aromatic rings. The third kappa shape index (κ3) is 3.66. The van der Waals surface area contributed by atoms with Crippen molar-refractivity contribution in [2.75, 3.05) is 13.7 Å². The normalized spacial score (nSPS) is 16.0. The average molecular weight is 354 g/mol. The maximum Gasteiger partial charge on any atom is 0.323 e. The van der Waals surface area contributed by atoms with Crippen LogP contribution in [0.25, 0.3) is 6.08 Å². The summed E-state index contributed by atoms with van der Waals surface area (Å²) in [6.45, 7) is -0.534. The van der Waals surface area contributed by atoms with E-state index in [2.05, 4.69) is 0 Å². The summed E-state index contributed by atoms with van der Waals surface area (Å²) in [7, 11) is 1.40. The van der Waals surface area contributed by atoms with E-state index in [4.69, 9.17) is 22.1 Å². The average Bonchev–Trinajstić information content (AvgIpc) is 2.74. The number of amides is 1. The fraction of sp³-hybridized carbons (Fsp3) is 0.154. The number of benzene rings is 1. The van der Waals surface area contributed by atoms with Crippen LogP contribution in [-0.4, -0.2) is 44.8 Å². The van der Waals surface area contributed by atoms with E-state index < -0.39 is 23.3 Å². The zero-order valence-corrected chi connectivity index (χ0v) is 13.3. The smallest absolute Gasteiger partial charge is 0.323 e. The fourth-order valence-corrected chi connectivity index (χ4v) is 3.11. The zero-order chi connectivity index (χ0) is 17.1. The lowest BCUT2D eigenvalue weighted by Crippen LogP contribution is -2.33. The topological polar surface area (TPSA) is 110 Å². The Balaban J connectivity index is 2.40. The summed E-state index contributed by atoms with van der Waals surface area (Å²) >= 11 is 5.91. The van der Waals surface area contributed by atoms with E-state index in [1.807, 2.05) is 0 Å². The van der Waals surface area contributed by atoms with Crippen molar-refractivity contribution in [3.05, 3.63) is 38.8 Å². The monoisotopic (exact) mass is 354 g/mol. The Kier molecular flexibility index (Phi) is 4.96. The van der Waals surface area contributed by atoms with Crippen LogP contribution < -0.4 is 4.74 Å². The first-order valence-corrected chi connectivity index (χ1v) is 7.35. The first kappa shape index (κ1) is 16.9. The van der Waals surface area contributed by atoms with E-state index in [0.717, 1.165) is 16.7 Å². The number of carbonyl (C=O) groups excluding carboxylic acids is 1. The van der Waals surface area contributed by atoms with Crippen LogP contribution in [0, 0.1) is 10.1 Å². The molecule has 1 heterocycles. The number of aliphatic carboxylic acids is 1.